The summed E-state index contributed by atoms with van der Waals surface area (Å²) < 4.78 is 10.6. The van der Waals surface area contributed by atoms with Crippen molar-refractivity contribution in [3.8, 4) is 0 Å². The summed E-state index contributed by atoms with van der Waals surface area (Å²) in [6.07, 6.45) is -0.0670. The zero-order valence-electron chi connectivity index (χ0n) is 6.67. The van der Waals surface area contributed by atoms with Crippen LogP contribution in [0.1, 0.15) is 5.56 Å². The SMILES string of the molecule is O=C(O)Cc1ccc([P+](=O)O)cc1. The van der Waals surface area contributed by atoms with E-state index in [0.717, 1.165) is 0 Å². The van der Waals surface area contributed by atoms with Crippen molar-refractivity contribution in [2.45, 2.75) is 6.42 Å². The van der Waals surface area contributed by atoms with Crippen LogP contribution in [0.5, 0.6) is 0 Å². The van der Waals surface area contributed by atoms with Gasteiger partial charge in [0, 0.05) is 0 Å². The topological polar surface area (TPSA) is 74.6 Å². The van der Waals surface area contributed by atoms with Crippen LogP contribution in [-0.4, -0.2) is 16.0 Å². The highest BCUT2D eigenvalue weighted by Gasteiger charge is 2.14. The maximum atomic E-state index is 10.6. The number of benzene rings is 1. The Labute approximate surface area is 75.7 Å². The molecule has 2 N–H and O–H groups in total. The number of carboxylic acid groups (broad SMARTS) is 1. The van der Waals surface area contributed by atoms with Crippen LogP contribution in [-0.2, 0) is 15.8 Å². The second kappa shape index (κ2) is 4.12. The Hall–Kier alpha value is -1.25. The van der Waals surface area contributed by atoms with Crippen molar-refractivity contribution in [1.29, 1.82) is 0 Å². The molecule has 1 aromatic carbocycles. The van der Waals surface area contributed by atoms with Crippen LogP contribution in [0.15, 0.2) is 24.3 Å². The van der Waals surface area contributed by atoms with Crippen molar-refractivity contribution in [2.24, 2.45) is 0 Å². The van der Waals surface area contributed by atoms with E-state index in [0.29, 0.717) is 10.9 Å². The third-order valence-corrected chi connectivity index (χ3v) is 2.25. The molecule has 0 fully saturated rings. The Kier molecular flexibility index (Phi) is 3.12. The number of carboxylic acids is 1. The van der Waals surface area contributed by atoms with Crippen LogP contribution >= 0.6 is 8.03 Å². The lowest BCUT2D eigenvalue weighted by molar-refractivity contribution is -0.136. The molecule has 0 aliphatic rings. The van der Waals surface area contributed by atoms with Crippen LogP contribution in [0.2, 0.25) is 0 Å². The molecule has 5 heteroatoms. The monoisotopic (exact) mass is 199 g/mol. The van der Waals surface area contributed by atoms with Gasteiger partial charge in [-0.2, -0.15) is 4.89 Å². The number of carbonyl (C=O) groups is 1. The fourth-order valence-electron chi connectivity index (χ4n) is 0.916. The fraction of sp³-hybridized carbons (Fsp3) is 0.125. The molecular formula is C8H8O4P+. The van der Waals surface area contributed by atoms with E-state index in [9.17, 15) is 9.36 Å². The van der Waals surface area contributed by atoms with Gasteiger partial charge < -0.3 is 5.11 Å². The molecule has 0 bridgehead atoms. The first kappa shape index (κ1) is 9.84. The summed E-state index contributed by atoms with van der Waals surface area (Å²) >= 11 is 0. The number of hydrogen-bond acceptors (Lipinski definition) is 2. The normalized spacial score (nSPS) is 11.0. The van der Waals surface area contributed by atoms with Gasteiger partial charge in [-0.05, 0) is 22.3 Å². The largest absolute Gasteiger partial charge is 0.546 e. The number of hydrogen-bond donors (Lipinski definition) is 2. The van der Waals surface area contributed by atoms with E-state index < -0.39 is 14.0 Å². The van der Waals surface area contributed by atoms with Gasteiger partial charge in [0.15, 0.2) is 0 Å². The molecule has 0 saturated carbocycles. The summed E-state index contributed by atoms with van der Waals surface area (Å²) in [5, 5.41) is 8.75. The molecule has 0 aliphatic carbocycles. The maximum Gasteiger partial charge on any atom is 0.546 e. The summed E-state index contributed by atoms with van der Waals surface area (Å²) in [6, 6.07) is 5.98. The maximum absolute atomic E-state index is 10.6. The lowest BCUT2D eigenvalue weighted by atomic mass is 10.2. The van der Waals surface area contributed by atoms with Crippen molar-refractivity contribution in [3.63, 3.8) is 0 Å². The summed E-state index contributed by atoms with van der Waals surface area (Å²) in [5.74, 6) is -0.916. The molecule has 0 amide bonds. The van der Waals surface area contributed by atoms with E-state index in [-0.39, 0.29) is 6.42 Å². The standard InChI is InChI=1S/C8H7O4P/c9-8(10)5-6-1-3-7(4-2-6)13(11)12/h1-4H,5H2,(H-,9,10,11,12)/p+1. The Balaban J connectivity index is 2.81. The molecule has 1 unspecified atom stereocenters. The molecule has 0 saturated heterocycles. The highest BCUT2D eigenvalue weighted by atomic mass is 31.1. The van der Waals surface area contributed by atoms with Gasteiger partial charge in [0.05, 0.1) is 6.42 Å². The van der Waals surface area contributed by atoms with Gasteiger partial charge in [0.1, 0.15) is 0 Å². The number of rotatable bonds is 3. The van der Waals surface area contributed by atoms with Crippen LogP contribution in [0.4, 0.5) is 0 Å². The zero-order chi connectivity index (χ0) is 9.84. The molecule has 1 atom stereocenters. The van der Waals surface area contributed by atoms with Gasteiger partial charge in [0.2, 0.25) is 5.30 Å². The average Bonchev–Trinajstić information content (AvgIpc) is 2.04. The molecule has 0 aliphatic heterocycles. The van der Waals surface area contributed by atoms with E-state index in [2.05, 4.69) is 0 Å². The highest BCUT2D eigenvalue weighted by Crippen LogP contribution is 2.12. The molecule has 4 nitrogen and oxygen atoms in total. The quantitative estimate of drug-likeness (QED) is 0.701. The van der Waals surface area contributed by atoms with E-state index in [1.807, 2.05) is 0 Å². The molecule has 0 heterocycles. The van der Waals surface area contributed by atoms with Crippen molar-refractivity contribution in [3.05, 3.63) is 29.8 Å². The van der Waals surface area contributed by atoms with Gasteiger partial charge in [-0.3, -0.25) is 4.79 Å². The Morgan fingerprint density at radius 1 is 1.31 bits per heavy atom. The third kappa shape index (κ3) is 2.93. The van der Waals surface area contributed by atoms with Gasteiger partial charge >= 0.3 is 14.0 Å². The Morgan fingerprint density at radius 2 is 1.85 bits per heavy atom. The summed E-state index contributed by atoms with van der Waals surface area (Å²) in [4.78, 5) is 19.0. The van der Waals surface area contributed by atoms with Crippen LogP contribution in [0.25, 0.3) is 0 Å². The van der Waals surface area contributed by atoms with E-state index in [1.165, 1.54) is 24.3 Å². The lowest BCUT2D eigenvalue weighted by Gasteiger charge is -1.93. The van der Waals surface area contributed by atoms with Crippen molar-refractivity contribution in [1.82, 2.24) is 0 Å². The van der Waals surface area contributed by atoms with Crippen molar-refractivity contribution >= 4 is 19.3 Å². The molecule has 0 radical (unpaired) electrons. The van der Waals surface area contributed by atoms with E-state index in [4.69, 9.17) is 10.00 Å². The second-order valence-electron chi connectivity index (χ2n) is 2.51. The fourth-order valence-corrected chi connectivity index (χ4v) is 1.32. The molecule has 13 heavy (non-hydrogen) atoms. The van der Waals surface area contributed by atoms with E-state index in [1.54, 1.807) is 0 Å². The van der Waals surface area contributed by atoms with Crippen LogP contribution in [0, 0.1) is 0 Å². The van der Waals surface area contributed by atoms with Crippen LogP contribution in [0.3, 0.4) is 0 Å². The van der Waals surface area contributed by atoms with Gasteiger partial charge in [-0.25, -0.2) is 0 Å². The summed E-state index contributed by atoms with van der Waals surface area (Å²) in [6.45, 7) is 0. The molecule has 0 spiro atoms. The predicted octanol–water partition coefficient (Wildman–Crippen LogP) is 0.674. The minimum atomic E-state index is -2.33. The first-order valence-electron chi connectivity index (χ1n) is 3.56. The first-order chi connectivity index (χ1) is 6.09. The molecular weight excluding hydrogens is 191 g/mol. The predicted molar refractivity (Wildman–Crippen MR) is 47.2 cm³/mol. The van der Waals surface area contributed by atoms with E-state index >= 15 is 0 Å². The lowest BCUT2D eigenvalue weighted by Crippen LogP contribution is -2.02. The van der Waals surface area contributed by atoms with Gasteiger partial charge in [0.25, 0.3) is 0 Å². The van der Waals surface area contributed by atoms with Gasteiger partial charge in [-0.1, -0.05) is 12.1 Å². The average molecular weight is 199 g/mol. The third-order valence-electron chi connectivity index (χ3n) is 1.51. The second-order valence-corrected chi connectivity index (χ2v) is 3.57. The minimum absolute atomic E-state index is 0.0670. The molecule has 0 aromatic heterocycles. The van der Waals surface area contributed by atoms with Crippen molar-refractivity contribution in [2.75, 3.05) is 0 Å². The molecule has 1 aromatic rings. The Morgan fingerprint density at radius 3 is 2.23 bits per heavy atom. The van der Waals surface area contributed by atoms with Gasteiger partial charge in [-0.15, -0.1) is 0 Å². The summed E-state index contributed by atoms with van der Waals surface area (Å²) in [7, 11) is -2.33. The van der Waals surface area contributed by atoms with Crippen molar-refractivity contribution < 1.29 is 19.4 Å². The Bertz CT molecular complexity index is 331. The minimum Gasteiger partial charge on any atom is -0.481 e. The smallest absolute Gasteiger partial charge is 0.481 e. The molecule has 1 rings (SSSR count). The van der Waals surface area contributed by atoms with Crippen LogP contribution < -0.4 is 5.30 Å². The highest BCUT2D eigenvalue weighted by molar-refractivity contribution is 7.47. The zero-order valence-corrected chi connectivity index (χ0v) is 7.57. The number of aliphatic carboxylic acids is 1. The summed E-state index contributed by atoms with van der Waals surface area (Å²) in [5.41, 5.74) is 0.619. The molecule has 68 valence electrons. The first-order valence-corrected chi connectivity index (χ1v) is 4.77.